The van der Waals surface area contributed by atoms with Crippen molar-refractivity contribution in [1.82, 2.24) is 0 Å². The fraction of sp³-hybridized carbons (Fsp3) is 0.632. The summed E-state index contributed by atoms with van der Waals surface area (Å²) in [5.74, 6) is -0.948. The van der Waals surface area contributed by atoms with E-state index < -0.39 is 7.32 Å². The van der Waals surface area contributed by atoms with Gasteiger partial charge in [-0.25, -0.2) is 0 Å². The molecule has 0 aliphatic heterocycles. The Morgan fingerprint density at radius 2 is 0.608 bits per heavy atom. The van der Waals surface area contributed by atoms with Crippen molar-refractivity contribution in [1.29, 1.82) is 10.5 Å². The van der Waals surface area contributed by atoms with Crippen LogP contribution in [0.3, 0.4) is 0 Å². The molecule has 0 spiro atoms. The lowest BCUT2D eigenvalue weighted by molar-refractivity contribution is -0.921. The molecule has 0 fully saturated rings. The predicted octanol–water partition coefficient (Wildman–Crippen LogP) is 3.64. The number of nitrogens with zero attached hydrogens (tertiary/aromatic N) is 5. The van der Waals surface area contributed by atoms with E-state index >= 15 is 0 Å². The summed E-state index contributed by atoms with van der Waals surface area (Å²) in [6.07, 6.45) is 0. The number of aromatic hydroxyl groups is 4. The molecule has 0 atom stereocenters. The van der Waals surface area contributed by atoms with Gasteiger partial charge in [-0.1, -0.05) is 0 Å². The van der Waals surface area contributed by atoms with E-state index in [0.29, 0.717) is 11.1 Å². The summed E-state index contributed by atoms with van der Waals surface area (Å²) in [6, 6.07) is 11.4. The van der Waals surface area contributed by atoms with E-state index in [1.54, 1.807) is 0 Å². The van der Waals surface area contributed by atoms with Gasteiger partial charge in [-0.3, -0.25) is 7.32 Å². The summed E-state index contributed by atoms with van der Waals surface area (Å²) in [7, 11) is -2.92. The van der Waals surface area contributed by atoms with Crippen molar-refractivity contribution in [2.45, 2.75) is 83.1 Å². The standard InChI is InChI=1S/3C8H20N.2C7H5NO2.BO3/c3*1-5-9(6-2,7-3)8-4;2*8-4-5-1-2-6(9)7(10)3-5;2-1(3)4/h3*5-8H2,1-4H3;2*1-3,9-10H;/q3*+1;;;-3. The third-order valence-corrected chi connectivity index (χ3v) is 10.3. The summed E-state index contributed by atoms with van der Waals surface area (Å²) >= 11 is 0. The third kappa shape index (κ3) is 23.5. The number of rotatable bonds is 12. The van der Waals surface area contributed by atoms with Gasteiger partial charge in [0.2, 0.25) is 0 Å². The molecule has 0 saturated heterocycles. The van der Waals surface area contributed by atoms with Gasteiger partial charge in [0.15, 0.2) is 23.0 Å². The second-order valence-electron chi connectivity index (χ2n) is 11.7. The Kier molecular flexibility index (Phi) is 33.2. The lowest BCUT2D eigenvalue weighted by Gasteiger charge is -2.35. The van der Waals surface area contributed by atoms with E-state index in [2.05, 4.69) is 83.1 Å². The first-order valence-electron chi connectivity index (χ1n) is 18.3. The fourth-order valence-corrected chi connectivity index (χ4v) is 5.21. The number of hydrogen-bond acceptors (Lipinski definition) is 9. The summed E-state index contributed by atoms with van der Waals surface area (Å²) in [5.41, 5.74) is 0.658. The summed E-state index contributed by atoms with van der Waals surface area (Å²) in [4.78, 5) is 0. The zero-order valence-corrected chi connectivity index (χ0v) is 33.8. The first-order chi connectivity index (χ1) is 23.9. The molecule has 2 aromatic carbocycles. The minimum Gasteiger partial charge on any atom is -0.907 e. The summed E-state index contributed by atoms with van der Waals surface area (Å²) in [5, 5.41) is 77.1. The van der Waals surface area contributed by atoms with Crippen LogP contribution in [-0.4, -0.2) is 120 Å². The van der Waals surface area contributed by atoms with Crippen LogP contribution in [0.5, 0.6) is 23.0 Å². The maximum Gasteiger partial charge on any atom is 0.158 e. The van der Waals surface area contributed by atoms with Gasteiger partial charge in [-0.2, -0.15) is 10.5 Å². The molecule has 0 heterocycles. The average molecular weight is 720 g/mol. The van der Waals surface area contributed by atoms with Crippen LogP contribution in [0.4, 0.5) is 0 Å². The maximum absolute atomic E-state index is 8.83. The van der Waals surface area contributed by atoms with E-state index in [-0.39, 0.29) is 23.0 Å². The van der Waals surface area contributed by atoms with Gasteiger partial charge in [0.05, 0.1) is 102 Å². The van der Waals surface area contributed by atoms with Crippen LogP contribution in [0.15, 0.2) is 36.4 Å². The Balaban J connectivity index is -0.000000264. The van der Waals surface area contributed by atoms with Crippen LogP contribution in [0.25, 0.3) is 0 Å². The van der Waals surface area contributed by atoms with Crippen molar-refractivity contribution in [2.75, 3.05) is 78.5 Å². The summed E-state index contributed by atoms with van der Waals surface area (Å²) in [6.45, 7) is 42.7. The molecule has 2 rings (SSSR count). The highest BCUT2D eigenvalue weighted by atomic mass is 16.5. The van der Waals surface area contributed by atoms with Crippen LogP contribution in [-0.2, 0) is 0 Å². The molecule has 0 amide bonds. The number of nitriles is 2. The van der Waals surface area contributed by atoms with E-state index in [0.717, 1.165) is 0 Å². The highest BCUT2D eigenvalue weighted by molar-refractivity contribution is 6.24. The Hall–Kier alpha value is -3.56. The van der Waals surface area contributed by atoms with Crippen molar-refractivity contribution in [3.05, 3.63) is 47.5 Å². The molecule has 2 aromatic rings. The van der Waals surface area contributed by atoms with Crippen LogP contribution < -0.4 is 15.1 Å². The van der Waals surface area contributed by atoms with Crippen molar-refractivity contribution in [3.8, 4) is 35.1 Å². The first kappa shape index (κ1) is 54.2. The molecule has 4 N–H and O–H groups in total. The van der Waals surface area contributed by atoms with Crippen molar-refractivity contribution in [3.63, 3.8) is 0 Å². The van der Waals surface area contributed by atoms with Gasteiger partial charge in [-0.15, -0.1) is 0 Å². The number of phenolic OH excluding ortho intramolecular Hbond substituents is 4. The normalized spacial score (nSPS) is 10.3. The molecular formula is C38H70BN5O7. The highest BCUT2D eigenvalue weighted by Gasteiger charge is 2.17. The first-order valence-corrected chi connectivity index (χ1v) is 18.3. The van der Waals surface area contributed by atoms with E-state index in [1.165, 1.54) is 128 Å². The van der Waals surface area contributed by atoms with Crippen LogP contribution >= 0.6 is 0 Å². The zero-order valence-electron chi connectivity index (χ0n) is 33.8. The van der Waals surface area contributed by atoms with Crippen LogP contribution in [0, 0.1) is 22.7 Å². The lowest BCUT2D eigenvalue weighted by Crippen LogP contribution is -2.56. The highest BCUT2D eigenvalue weighted by Crippen LogP contribution is 2.24. The van der Waals surface area contributed by atoms with Gasteiger partial charge in [0, 0.05) is 12.1 Å². The SMILES string of the molecule is CC[N+](CC)(CC)CC.CC[N+](CC)(CC)CC.CC[N+](CC)(CC)CC.N#Cc1ccc(O)c(O)c1.N#Cc1ccc(O)c(O)c1.[O-]B([O-])[O-]. The number of benzene rings is 2. The van der Waals surface area contributed by atoms with Crippen molar-refractivity contribution < 1.29 is 48.9 Å². The Labute approximate surface area is 310 Å². The molecule has 0 unspecified atom stereocenters. The number of hydrogen-bond donors (Lipinski definition) is 4. The van der Waals surface area contributed by atoms with Crippen LogP contribution in [0.1, 0.15) is 94.2 Å². The van der Waals surface area contributed by atoms with Gasteiger partial charge in [0.25, 0.3) is 0 Å². The Morgan fingerprint density at radius 1 is 0.431 bits per heavy atom. The molecule has 0 aliphatic carbocycles. The van der Waals surface area contributed by atoms with Gasteiger partial charge in [-0.05, 0) is 107 Å². The molecule has 0 aromatic heterocycles. The molecule has 51 heavy (non-hydrogen) atoms. The second kappa shape index (κ2) is 31.2. The second-order valence-corrected chi connectivity index (χ2v) is 11.7. The molecular weight excluding hydrogens is 649 g/mol. The topological polar surface area (TPSA) is 198 Å². The predicted molar refractivity (Wildman–Crippen MR) is 202 cm³/mol. The van der Waals surface area contributed by atoms with Gasteiger partial charge in [0.1, 0.15) is 0 Å². The van der Waals surface area contributed by atoms with E-state index in [4.69, 9.17) is 46.0 Å². The monoisotopic (exact) mass is 720 g/mol. The lowest BCUT2D eigenvalue weighted by atomic mass is 10.2. The van der Waals surface area contributed by atoms with E-state index in [9.17, 15) is 0 Å². The van der Waals surface area contributed by atoms with Crippen LogP contribution in [0.2, 0.25) is 0 Å². The minimum atomic E-state index is -2.92. The maximum atomic E-state index is 8.83. The van der Waals surface area contributed by atoms with Crippen molar-refractivity contribution in [2.24, 2.45) is 0 Å². The fourth-order valence-electron chi connectivity index (χ4n) is 5.21. The molecule has 0 bridgehead atoms. The van der Waals surface area contributed by atoms with E-state index in [1.807, 2.05) is 12.1 Å². The largest absolute Gasteiger partial charge is 0.907 e. The summed E-state index contributed by atoms with van der Waals surface area (Å²) < 4.78 is 3.83. The van der Waals surface area contributed by atoms with Gasteiger partial charge >= 0.3 is 0 Å². The zero-order chi connectivity index (χ0) is 40.7. The third-order valence-electron chi connectivity index (χ3n) is 10.3. The Bertz CT molecular complexity index is 1060. The molecule has 13 heteroatoms. The van der Waals surface area contributed by atoms with Gasteiger partial charge < -0.3 is 48.9 Å². The molecule has 0 radical (unpaired) electrons. The minimum absolute atomic E-state index is 0.209. The average Bonchev–Trinajstić information content (AvgIpc) is 3.15. The Morgan fingerprint density at radius 3 is 0.706 bits per heavy atom. The smallest absolute Gasteiger partial charge is 0.158 e. The molecule has 12 nitrogen and oxygen atoms in total. The molecule has 0 aliphatic rings. The number of phenols is 4. The quantitative estimate of drug-likeness (QED) is 0.144. The number of quaternary nitrogens is 3. The van der Waals surface area contributed by atoms with Crippen molar-refractivity contribution >= 4 is 7.32 Å². The molecule has 292 valence electrons. The molecule has 0 saturated carbocycles.